The van der Waals surface area contributed by atoms with Crippen LogP contribution in [-0.4, -0.2) is 14.7 Å². The van der Waals surface area contributed by atoms with Gasteiger partial charge in [0.1, 0.15) is 0 Å². The molecule has 0 spiro atoms. The second kappa shape index (κ2) is 6.55. The minimum atomic E-state index is -1.45. The summed E-state index contributed by atoms with van der Waals surface area (Å²) in [5.41, 5.74) is 3.97. The fourth-order valence-electron chi connectivity index (χ4n) is 2.53. The third-order valence-corrected chi connectivity index (χ3v) is 9.00. The van der Waals surface area contributed by atoms with Gasteiger partial charge in [0.05, 0.1) is 0 Å². The van der Waals surface area contributed by atoms with E-state index in [0.29, 0.717) is 0 Å². The predicted octanol–water partition coefficient (Wildman–Crippen LogP) is 3.13. The van der Waals surface area contributed by atoms with E-state index in [0.717, 1.165) is 0 Å². The molecule has 0 aliphatic heterocycles. The summed E-state index contributed by atoms with van der Waals surface area (Å²) in [5.74, 6) is 0. The van der Waals surface area contributed by atoms with Crippen molar-refractivity contribution in [2.24, 2.45) is 0 Å². The average molecular weight is 348 g/mol. The molecule has 0 saturated carbocycles. The van der Waals surface area contributed by atoms with Gasteiger partial charge in [-0.1, -0.05) is 0 Å². The van der Waals surface area contributed by atoms with Gasteiger partial charge < -0.3 is 0 Å². The van der Waals surface area contributed by atoms with Crippen LogP contribution in [0.2, 0.25) is 0 Å². The van der Waals surface area contributed by atoms with Crippen LogP contribution in [0.25, 0.3) is 0 Å². The van der Waals surface area contributed by atoms with Crippen molar-refractivity contribution in [1.82, 2.24) is 0 Å². The Labute approximate surface area is 138 Å². The Hall–Kier alpha value is -1.78. The SMILES string of the molecule is Cc1ccc([As](c2ccc(C)cc2)c2ccc(C)cc2)cc1. The van der Waals surface area contributed by atoms with E-state index < -0.39 is 14.7 Å². The normalized spacial score (nSPS) is 10.9. The molecule has 22 heavy (non-hydrogen) atoms. The predicted molar refractivity (Wildman–Crippen MR) is 98.2 cm³/mol. The van der Waals surface area contributed by atoms with Crippen LogP contribution < -0.4 is 13.1 Å². The van der Waals surface area contributed by atoms with Gasteiger partial charge >= 0.3 is 138 Å². The second-order valence-electron chi connectivity index (χ2n) is 5.84. The summed E-state index contributed by atoms with van der Waals surface area (Å²) in [6.45, 7) is 6.45. The first-order valence-electron chi connectivity index (χ1n) is 7.63. The van der Waals surface area contributed by atoms with Gasteiger partial charge in [-0.05, 0) is 0 Å². The van der Waals surface area contributed by atoms with Crippen molar-refractivity contribution in [3.05, 3.63) is 89.5 Å². The van der Waals surface area contributed by atoms with Crippen LogP contribution in [0.3, 0.4) is 0 Å². The van der Waals surface area contributed by atoms with Crippen LogP contribution in [0, 0.1) is 20.8 Å². The van der Waals surface area contributed by atoms with E-state index in [-0.39, 0.29) is 0 Å². The van der Waals surface area contributed by atoms with Crippen LogP contribution in [0.5, 0.6) is 0 Å². The summed E-state index contributed by atoms with van der Waals surface area (Å²) in [4.78, 5) is 0. The molecular formula is C21H21As. The maximum atomic E-state index is 2.31. The molecule has 0 saturated heterocycles. The Morgan fingerprint density at radius 2 is 0.636 bits per heavy atom. The van der Waals surface area contributed by atoms with E-state index in [2.05, 4.69) is 93.6 Å². The number of aryl methyl sites for hydroxylation is 3. The van der Waals surface area contributed by atoms with Crippen LogP contribution >= 0.6 is 0 Å². The Kier molecular flexibility index (Phi) is 4.50. The van der Waals surface area contributed by atoms with Gasteiger partial charge in [0.2, 0.25) is 0 Å². The first kappa shape index (κ1) is 15.1. The standard InChI is InChI=1S/C21H21As/c1-16-4-10-19(11-5-16)22(20-12-6-17(2)7-13-20)21-14-8-18(3)9-15-21/h4-15H,1-3H3. The monoisotopic (exact) mass is 348 g/mol. The molecule has 0 aliphatic carbocycles. The molecule has 1 heteroatoms. The molecule has 110 valence electrons. The zero-order valence-corrected chi connectivity index (χ0v) is 15.3. The third kappa shape index (κ3) is 3.34. The molecule has 0 atom stereocenters. The summed E-state index contributed by atoms with van der Waals surface area (Å²) < 4.78 is 4.47. The number of rotatable bonds is 3. The van der Waals surface area contributed by atoms with Gasteiger partial charge in [0.25, 0.3) is 0 Å². The number of benzene rings is 3. The Balaban J connectivity index is 2.10. The van der Waals surface area contributed by atoms with Gasteiger partial charge in [-0.3, -0.25) is 0 Å². The van der Waals surface area contributed by atoms with E-state index in [4.69, 9.17) is 0 Å². The minimum absolute atomic E-state index is 1.32. The quantitative estimate of drug-likeness (QED) is 0.638. The molecule has 0 nitrogen and oxygen atoms in total. The van der Waals surface area contributed by atoms with Crippen LogP contribution in [0.1, 0.15) is 16.7 Å². The Morgan fingerprint density at radius 3 is 0.864 bits per heavy atom. The Bertz CT molecular complexity index is 629. The third-order valence-electron chi connectivity index (χ3n) is 3.88. The number of hydrogen-bond donors (Lipinski definition) is 0. The molecule has 0 N–H and O–H groups in total. The van der Waals surface area contributed by atoms with Crippen molar-refractivity contribution in [1.29, 1.82) is 0 Å². The first-order chi connectivity index (χ1) is 10.6. The fraction of sp³-hybridized carbons (Fsp3) is 0.143. The summed E-state index contributed by atoms with van der Waals surface area (Å²) in [5, 5.41) is 0. The molecule has 3 aromatic carbocycles. The summed E-state index contributed by atoms with van der Waals surface area (Å²) >= 11 is -1.45. The molecule has 3 rings (SSSR count). The molecular weight excluding hydrogens is 327 g/mol. The van der Waals surface area contributed by atoms with E-state index in [1.54, 1.807) is 0 Å². The summed E-state index contributed by atoms with van der Waals surface area (Å²) in [6.07, 6.45) is 0. The van der Waals surface area contributed by atoms with Gasteiger partial charge in [-0.25, -0.2) is 0 Å². The molecule has 0 radical (unpaired) electrons. The van der Waals surface area contributed by atoms with Crippen LogP contribution in [0.4, 0.5) is 0 Å². The molecule has 0 heterocycles. The van der Waals surface area contributed by atoms with E-state index in [9.17, 15) is 0 Å². The molecule has 3 aromatic rings. The van der Waals surface area contributed by atoms with Crippen molar-refractivity contribution in [2.75, 3.05) is 0 Å². The van der Waals surface area contributed by atoms with Crippen LogP contribution in [0.15, 0.2) is 72.8 Å². The van der Waals surface area contributed by atoms with Crippen molar-refractivity contribution < 1.29 is 0 Å². The molecule has 0 amide bonds. The van der Waals surface area contributed by atoms with Crippen molar-refractivity contribution in [3.8, 4) is 0 Å². The van der Waals surface area contributed by atoms with Crippen molar-refractivity contribution >= 4 is 27.7 Å². The maximum absolute atomic E-state index is 2.31. The van der Waals surface area contributed by atoms with Gasteiger partial charge in [-0.2, -0.15) is 0 Å². The zero-order valence-electron chi connectivity index (χ0n) is 13.4. The first-order valence-corrected chi connectivity index (χ1v) is 10.4. The van der Waals surface area contributed by atoms with Gasteiger partial charge in [-0.15, -0.1) is 0 Å². The molecule has 0 aromatic heterocycles. The molecule has 0 bridgehead atoms. The zero-order chi connectivity index (χ0) is 15.5. The Morgan fingerprint density at radius 1 is 0.409 bits per heavy atom. The molecule has 0 unspecified atom stereocenters. The van der Waals surface area contributed by atoms with Gasteiger partial charge in [0.15, 0.2) is 0 Å². The van der Waals surface area contributed by atoms with E-state index in [1.165, 1.54) is 29.7 Å². The van der Waals surface area contributed by atoms with E-state index >= 15 is 0 Å². The summed E-state index contributed by atoms with van der Waals surface area (Å²) in [6, 6.07) is 27.3. The van der Waals surface area contributed by atoms with Crippen molar-refractivity contribution in [3.63, 3.8) is 0 Å². The van der Waals surface area contributed by atoms with Crippen molar-refractivity contribution in [2.45, 2.75) is 20.8 Å². The molecule has 0 fully saturated rings. The number of hydrogen-bond acceptors (Lipinski definition) is 0. The summed E-state index contributed by atoms with van der Waals surface area (Å²) in [7, 11) is 0. The van der Waals surface area contributed by atoms with Gasteiger partial charge in [0, 0.05) is 0 Å². The average Bonchev–Trinajstić information content (AvgIpc) is 2.53. The topological polar surface area (TPSA) is 0 Å². The fourth-order valence-corrected chi connectivity index (χ4v) is 7.22. The molecule has 0 aliphatic rings. The van der Waals surface area contributed by atoms with E-state index in [1.807, 2.05) is 0 Å². The second-order valence-corrected chi connectivity index (χ2v) is 10.5. The van der Waals surface area contributed by atoms with Crippen LogP contribution in [-0.2, 0) is 0 Å².